The molecular weight excluding hydrogens is 460 g/mol. The third-order valence-electron chi connectivity index (χ3n) is 6.81. The number of rotatable bonds is 8. The van der Waals surface area contributed by atoms with Crippen LogP contribution in [-0.2, 0) is 23.4 Å². The van der Waals surface area contributed by atoms with E-state index in [2.05, 4.69) is 75.9 Å². The first-order chi connectivity index (χ1) is 16.4. The molecule has 35 heavy (non-hydrogen) atoms. The molecule has 0 aliphatic carbocycles. The Morgan fingerprint density at radius 2 is 1.51 bits per heavy atom. The standard InChI is InChI=1S/C28H38O6Si/c1-8-30-20(2)28(29)25-24(33-27(6,7)34-25)23(32-28)19-31-35(26(3,4)5,21-15-11-9-12-16-21)22-17-13-10-14-18-22/h9-18,23-25,29H,2,8,19H2,1,3-7H3/t23-,24-,25-,28?/m1/s1. The van der Waals surface area contributed by atoms with Crippen molar-refractivity contribution in [3.05, 3.63) is 73.0 Å². The van der Waals surface area contributed by atoms with Gasteiger partial charge in [0, 0.05) is 0 Å². The van der Waals surface area contributed by atoms with E-state index < -0.39 is 38.2 Å². The highest BCUT2D eigenvalue weighted by Crippen LogP contribution is 2.46. The number of ether oxygens (including phenoxy) is 4. The zero-order valence-corrected chi connectivity index (χ0v) is 22.6. The monoisotopic (exact) mass is 498 g/mol. The van der Waals surface area contributed by atoms with Gasteiger partial charge in [0.2, 0.25) is 0 Å². The molecule has 2 aromatic rings. The van der Waals surface area contributed by atoms with E-state index >= 15 is 0 Å². The third kappa shape index (κ3) is 4.61. The van der Waals surface area contributed by atoms with E-state index in [1.807, 2.05) is 32.9 Å². The first kappa shape index (κ1) is 26.1. The molecule has 0 saturated carbocycles. The molecule has 190 valence electrons. The van der Waals surface area contributed by atoms with Crippen LogP contribution in [0.15, 0.2) is 73.0 Å². The quantitative estimate of drug-likeness (QED) is 0.442. The highest BCUT2D eigenvalue weighted by atomic mass is 28.4. The number of aliphatic hydroxyl groups is 1. The largest absolute Gasteiger partial charge is 0.493 e. The van der Waals surface area contributed by atoms with E-state index in [4.69, 9.17) is 23.4 Å². The van der Waals surface area contributed by atoms with Crippen LogP contribution in [0.3, 0.4) is 0 Å². The smallest absolute Gasteiger partial charge is 0.261 e. The highest BCUT2D eigenvalue weighted by molar-refractivity contribution is 6.99. The summed E-state index contributed by atoms with van der Waals surface area (Å²) in [6, 6.07) is 20.8. The Kier molecular flexibility index (Phi) is 7.05. The number of benzene rings is 2. The zero-order chi connectivity index (χ0) is 25.5. The van der Waals surface area contributed by atoms with Crippen LogP contribution in [0.5, 0.6) is 0 Å². The van der Waals surface area contributed by atoms with Gasteiger partial charge >= 0.3 is 0 Å². The molecule has 4 atom stereocenters. The van der Waals surface area contributed by atoms with Crippen molar-refractivity contribution < 1.29 is 28.5 Å². The molecular formula is C28H38O6Si. The van der Waals surface area contributed by atoms with Gasteiger partial charge in [0.25, 0.3) is 14.1 Å². The molecule has 6 nitrogen and oxygen atoms in total. The molecule has 2 heterocycles. The van der Waals surface area contributed by atoms with Gasteiger partial charge in [0.15, 0.2) is 17.7 Å². The molecule has 0 aromatic heterocycles. The minimum Gasteiger partial charge on any atom is -0.493 e. The third-order valence-corrected chi connectivity index (χ3v) is 11.8. The molecule has 4 rings (SSSR count). The summed E-state index contributed by atoms with van der Waals surface area (Å²) in [6.45, 7) is 16.7. The molecule has 2 fully saturated rings. The Labute approximate surface area is 209 Å². The van der Waals surface area contributed by atoms with Crippen molar-refractivity contribution in [1.29, 1.82) is 0 Å². The van der Waals surface area contributed by atoms with Crippen molar-refractivity contribution >= 4 is 18.7 Å². The zero-order valence-electron chi connectivity index (χ0n) is 21.6. The van der Waals surface area contributed by atoms with E-state index in [0.717, 1.165) is 0 Å². The van der Waals surface area contributed by atoms with Crippen molar-refractivity contribution in [2.45, 2.75) is 76.5 Å². The van der Waals surface area contributed by atoms with E-state index in [1.54, 1.807) is 0 Å². The number of hydrogen-bond donors (Lipinski definition) is 1. The maximum atomic E-state index is 11.5. The normalized spacial score (nSPS) is 28.0. The van der Waals surface area contributed by atoms with Crippen molar-refractivity contribution in [1.82, 2.24) is 0 Å². The topological polar surface area (TPSA) is 66.4 Å². The lowest BCUT2D eigenvalue weighted by Gasteiger charge is -2.43. The van der Waals surface area contributed by atoms with Gasteiger partial charge in [-0.3, -0.25) is 0 Å². The van der Waals surface area contributed by atoms with Crippen molar-refractivity contribution in [3.8, 4) is 0 Å². The second-order valence-corrected chi connectivity index (χ2v) is 15.0. The SMILES string of the molecule is C=C(OCC)C1(O)O[C@H](CO[Si](c2ccccc2)(c2ccccc2)C(C)(C)C)[C@H]2OC(C)(C)O[C@H]21. The van der Waals surface area contributed by atoms with E-state index in [1.165, 1.54) is 10.4 Å². The number of hydrogen-bond acceptors (Lipinski definition) is 6. The van der Waals surface area contributed by atoms with Gasteiger partial charge in [-0.05, 0) is 36.2 Å². The van der Waals surface area contributed by atoms with Crippen LogP contribution in [0.25, 0.3) is 0 Å². The molecule has 0 spiro atoms. The average molecular weight is 499 g/mol. The number of fused-ring (bicyclic) bond motifs is 1. The van der Waals surface area contributed by atoms with Gasteiger partial charge in [0.05, 0.1) is 13.2 Å². The lowest BCUT2D eigenvalue weighted by atomic mass is 10.0. The predicted molar refractivity (Wildman–Crippen MR) is 138 cm³/mol. The summed E-state index contributed by atoms with van der Waals surface area (Å²) >= 11 is 0. The van der Waals surface area contributed by atoms with Crippen molar-refractivity contribution in [3.63, 3.8) is 0 Å². The molecule has 2 aromatic carbocycles. The van der Waals surface area contributed by atoms with Crippen LogP contribution in [0.1, 0.15) is 41.5 Å². The van der Waals surface area contributed by atoms with Gasteiger partial charge in [-0.2, -0.15) is 0 Å². The second kappa shape index (κ2) is 9.46. The lowest BCUT2D eigenvalue weighted by Crippen LogP contribution is -2.67. The summed E-state index contributed by atoms with van der Waals surface area (Å²) in [4.78, 5) is 0. The first-order valence-electron chi connectivity index (χ1n) is 12.3. The highest BCUT2D eigenvalue weighted by Gasteiger charge is 2.65. The molecule has 1 N–H and O–H groups in total. The van der Waals surface area contributed by atoms with Crippen molar-refractivity contribution in [2.75, 3.05) is 13.2 Å². The van der Waals surface area contributed by atoms with E-state index in [9.17, 15) is 5.11 Å². The minimum atomic E-state index is -2.80. The fraction of sp³-hybridized carbons (Fsp3) is 0.500. The van der Waals surface area contributed by atoms with Gasteiger partial charge < -0.3 is 28.5 Å². The summed E-state index contributed by atoms with van der Waals surface area (Å²) in [7, 11) is -2.80. The summed E-state index contributed by atoms with van der Waals surface area (Å²) in [5.41, 5.74) is 0. The van der Waals surface area contributed by atoms with Crippen LogP contribution in [-0.4, -0.2) is 56.5 Å². The maximum absolute atomic E-state index is 11.5. The molecule has 2 aliphatic heterocycles. The van der Waals surface area contributed by atoms with Gasteiger partial charge in [-0.25, -0.2) is 0 Å². The molecule has 0 radical (unpaired) electrons. The Morgan fingerprint density at radius 1 is 0.971 bits per heavy atom. The van der Waals surface area contributed by atoms with Gasteiger partial charge in [-0.15, -0.1) is 0 Å². The van der Waals surface area contributed by atoms with Crippen LogP contribution in [0.4, 0.5) is 0 Å². The predicted octanol–water partition coefficient (Wildman–Crippen LogP) is 3.72. The average Bonchev–Trinajstić information content (AvgIpc) is 3.27. The fourth-order valence-corrected chi connectivity index (χ4v) is 9.90. The molecule has 7 heteroatoms. The molecule has 2 aliphatic rings. The Hall–Kier alpha value is -2.00. The van der Waals surface area contributed by atoms with Gasteiger partial charge in [0.1, 0.15) is 12.2 Å². The van der Waals surface area contributed by atoms with E-state index in [-0.39, 0.29) is 17.4 Å². The minimum absolute atomic E-state index is 0.115. The maximum Gasteiger partial charge on any atom is 0.261 e. The Morgan fingerprint density at radius 3 is 2.00 bits per heavy atom. The summed E-state index contributed by atoms with van der Waals surface area (Å²) in [5, 5.41) is 13.6. The molecule has 0 amide bonds. The molecule has 1 unspecified atom stereocenters. The van der Waals surface area contributed by atoms with Crippen LogP contribution < -0.4 is 10.4 Å². The lowest BCUT2D eigenvalue weighted by molar-refractivity contribution is -0.270. The first-order valence-corrected chi connectivity index (χ1v) is 14.2. The summed E-state index contributed by atoms with van der Waals surface area (Å²) < 4.78 is 31.1. The Balaban J connectivity index is 1.72. The molecule has 2 saturated heterocycles. The second-order valence-electron chi connectivity index (χ2n) is 10.7. The van der Waals surface area contributed by atoms with Crippen molar-refractivity contribution in [2.24, 2.45) is 0 Å². The molecule has 0 bridgehead atoms. The summed E-state index contributed by atoms with van der Waals surface area (Å²) in [6.07, 6.45) is -1.89. The Bertz CT molecular complexity index is 979. The van der Waals surface area contributed by atoms with Crippen LogP contribution >= 0.6 is 0 Å². The van der Waals surface area contributed by atoms with Crippen LogP contribution in [0.2, 0.25) is 5.04 Å². The van der Waals surface area contributed by atoms with Crippen LogP contribution in [0, 0.1) is 0 Å². The van der Waals surface area contributed by atoms with E-state index in [0.29, 0.717) is 6.61 Å². The summed E-state index contributed by atoms with van der Waals surface area (Å²) in [5.74, 6) is -2.59. The fourth-order valence-electron chi connectivity index (χ4n) is 5.33. The van der Waals surface area contributed by atoms with Gasteiger partial charge in [-0.1, -0.05) is 88.0 Å².